The van der Waals surface area contributed by atoms with Crippen LogP contribution in [0.2, 0.25) is 0 Å². The molecule has 0 aromatic heterocycles. The molecule has 0 radical (unpaired) electrons. The molecule has 0 saturated carbocycles. The second-order valence-electron chi connectivity index (χ2n) is 6.77. The summed E-state index contributed by atoms with van der Waals surface area (Å²) >= 11 is 0. The van der Waals surface area contributed by atoms with Crippen LogP contribution in [0.3, 0.4) is 0 Å². The second-order valence-corrected chi connectivity index (χ2v) is 8.47. The van der Waals surface area contributed by atoms with E-state index in [1.54, 1.807) is 0 Å². The predicted molar refractivity (Wildman–Crippen MR) is 121 cm³/mol. The number of hydrogen-bond acceptors (Lipinski definition) is 3. The van der Waals surface area contributed by atoms with Crippen molar-refractivity contribution in [2.45, 2.75) is 71.1 Å². The van der Waals surface area contributed by atoms with E-state index in [0.29, 0.717) is 25.7 Å². The van der Waals surface area contributed by atoms with Crippen molar-refractivity contribution in [3.05, 3.63) is 36.5 Å². The fraction of sp³-hybridized carbons (Fsp3) is 0.682. The molecule has 1 atom stereocenters. The molecule has 6 heteroatoms. The largest absolute Gasteiger partial charge is 0.395 e. The van der Waals surface area contributed by atoms with Gasteiger partial charge in [-0.1, -0.05) is 62.6 Å². The van der Waals surface area contributed by atoms with Gasteiger partial charge < -0.3 is 15.0 Å². The van der Waals surface area contributed by atoms with E-state index in [1.807, 2.05) is 0 Å². The Balaban J connectivity index is 3.38. The van der Waals surface area contributed by atoms with E-state index >= 15 is 0 Å². The maximum atomic E-state index is 11.7. The molecule has 3 N–H and O–H groups in total. The van der Waals surface area contributed by atoms with Crippen molar-refractivity contribution in [1.82, 2.24) is 10.4 Å². The minimum absolute atomic E-state index is 0.0202. The molecule has 0 heterocycles. The lowest BCUT2D eigenvalue weighted by atomic mass is 10.1. The topological polar surface area (TPSA) is 78.4 Å². The summed E-state index contributed by atoms with van der Waals surface area (Å²) in [5.41, 5.74) is 0. The summed E-state index contributed by atoms with van der Waals surface area (Å²) in [6.45, 7) is 2.91. The lowest BCUT2D eigenvalue weighted by molar-refractivity contribution is -0.121. The molecule has 0 spiro atoms. The van der Waals surface area contributed by atoms with Gasteiger partial charge in [-0.25, -0.2) is 0 Å². The lowest BCUT2D eigenvalue weighted by Crippen LogP contribution is -2.26. The van der Waals surface area contributed by atoms with Crippen LogP contribution in [0.15, 0.2) is 36.5 Å². The number of allylic oxidation sites excluding steroid dienone is 6. The second kappa shape index (κ2) is 22.1. The van der Waals surface area contributed by atoms with Gasteiger partial charge in [0.05, 0.1) is 6.61 Å². The Labute approximate surface area is 172 Å². The number of hydrogen-bond donors (Lipinski definition) is 3. The van der Waals surface area contributed by atoms with Crippen LogP contribution < -0.4 is 10.4 Å². The summed E-state index contributed by atoms with van der Waals surface area (Å²) in [5.74, 6) is 0.0399. The van der Waals surface area contributed by atoms with Gasteiger partial charge in [-0.15, -0.1) is 0 Å². The van der Waals surface area contributed by atoms with Crippen molar-refractivity contribution >= 4 is 13.9 Å². The molecular formula is C22H41N2O3P. The summed E-state index contributed by atoms with van der Waals surface area (Å²) in [4.78, 5) is 11.7. The van der Waals surface area contributed by atoms with E-state index in [0.717, 1.165) is 38.5 Å². The van der Waals surface area contributed by atoms with Gasteiger partial charge in [-0.05, 0) is 38.5 Å². The van der Waals surface area contributed by atoms with Crippen LogP contribution in [0.4, 0.5) is 0 Å². The molecule has 1 unspecified atom stereocenters. The number of carbonyl (C=O) groups excluding carboxylic acids is 1. The molecule has 0 aromatic carbocycles. The smallest absolute Gasteiger partial charge is 0.220 e. The number of aliphatic hydroxyl groups excluding tert-OH is 1. The third kappa shape index (κ3) is 21.1. The highest BCUT2D eigenvalue weighted by molar-refractivity contribution is 7.42. The lowest BCUT2D eigenvalue weighted by Gasteiger charge is -2.06. The molecule has 0 saturated heterocycles. The highest BCUT2D eigenvalue weighted by Gasteiger charge is 2.02. The van der Waals surface area contributed by atoms with Crippen molar-refractivity contribution in [1.29, 1.82) is 0 Å². The third-order valence-corrected chi connectivity index (χ3v) is 5.51. The molecule has 5 nitrogen and oxygen atoms in total. The average molecular weight is 413 g/mol. The highest BCUT2D eigenvalue weighted by Crippen LogP contribution is 2.11. The Bertz CT molecular complexity index is 476. The average Bonchev–Trinajstić information content (AvgIpc) is 2.69. The fourth-order valence-corrected chi connectivity index (χ4v) is 3.51. The van der Waals surface area contributed by atoms with Crippen LogP contribution in [0.25, 0.3) is 0 Å². The van der Waals surface area contributed by atoms with Crippen LogP contribution in [0.5, 0.6) is 0 Å². The molecule has 0 fully saturated rings. The SMILES string of the molecule is CCC=CCC=CCC=CCCCCCCCC(=O)NCC[PH](=O)NCCO. The molecule has 28 heavy (non-hydrogen) atoms. The van der Waals surface area contributed by atoms with Gasteiger partial charge in [-0.2, -0.15) is 0 Å². The predicted octanol–water partition coefficient (Wildman–Crippen LogP) is 4.75. The highest BCUT2D eigenvalue weighted by atomic mass is 31.1. The van der Waals surface area contributed by atoms with Crippen LogP contribution >= 0.6 is 7.95 Å². The normalized spacial score (nSPS) is 13.1. The fourth-order valence-electron chi connectivity index (χ4n) is 2.59. The van der Waals surface area contributed by atoms with Crippen LogP contribution in [-0.4, -0.2) is 36.9 Å². The maximum absolute atomic E-state index is 11.7. The van der Waals surface area contributed by atoms with E-state index in [4.69, 9.17) is 5.11 Å². The Morgan fingerprint density at radius 2 is 1.54 bits per heavy atom. The molecule has 0 aromatic rings. The number of rotatable bonds is 19. The van der Waals surface area contributed by atoms with Crippen LogP contribution in [0.1, 0.15) is 71.1 Å². The van der Waals surface area contributed by atoms with Crippen molar-refractivity contribution < 1.29 is 14.5 Å². The van der Waals surface area contributed by atoms with Crippen molar-refractivity contribution in [3.63, 3.8) is 0 Å². The maximum Gasteiger partial charge on any atom is 0.220 e. The van der Waals surface area contributed by atoms with E-state index in [1.165, 1.54) is 19.3 Å². The van der Waals surface area contributed by atoms with Gasteiger partial charge >= 0.3 is 0 Å². The van der Waals surface area contributed by atoms with E-state index in [2.05, 4.69) is 53.8 Å². The molecule has 0 bridgehead atoms. The summed E-state index contributed by atoms with van der Waals surface area (Å²) in [6, 6.07) is 0. The number of amides is 1. The quantitative estimate of drug-likeness (QED) is 0.163. The molecule has 0 rings (SSSR count). The van der Waals surface area contributed by atoms with E-state index in [9.17, 15) is 9.36 Å². The van der Waals surface area contributed by atoms with Crippen LogP contribution in [0, 0.1) is 0 Å². The standard InChI is InChI=1S/C22H41N2O3P/c1-2-3-4-5-6-7-8-9-10-11-12-13-14-15-16-17-22(26)23-19-21-28(27)24-18-20-25/h3-4,6-7,9-10,25,28H,2,5,8,11-21H2,1H3,(H,23,26)(H,24,27). The number of carbonyl (C=O) groups is 1. The number of nitrogens with one attached hydrogen (secondary N) is 2. The van der Waals surface area contributed by atoms with Crippen molar-refractivity contribution in [2.24, 2.45) is 0 Å². The van der Waals surface area contributed by atoms with Crippen molar-refractivity contribution in [3.8, 4) is 0 Å². The molecule has 0 aliphatic rings. The van der Waals surface area contributed by atoms with Gasteiger partial charge in [0.2, 0.25) is 5.91 Å². The molecule has 1 amide bonds. The molecule has 162 valence electrons. The number of unbranched alkanes of at least 4 members (excludes halogenated alkanes) is 5. The van der Waals surface area contributed by atoms with Gasteiger partial charge in [0.15, 0.2) is 0 Å². The Morgan fingerprint density at radius 3 is 2.25 bits per heavy atom. The zero-order chi connectivity index (χ0) is 20.7. The van der Waals surface area contributed by atoms with Gasteiger partial charge in [0.1, 0.15) is 7.95 Å². The van der Waals surface area contributed by atoms with Gasteiger partial charge in [0.25, 0.3) is 0 Å². The first kappa shape index (κ1) is 26.8. The van der Waals surface area contributed by atoms with Gasteiger partial charge in [0, 0.05) is 25.7 Å². The first-order valence-corrected chi connectivity index (χ1v) is 12.4. The number of aliphatic hydroxyl groups is 1. The van der Waals surface area contributed by atoms with Gasteiger partial charge in [-0.3, -0.25) is 9.88 Å². The Kier molecular flexibility index (Phi) is 21.2. The summed E-state index contributed by atoms with van der Waals surface area (Å²) < 4.78 is 11.5. The van der Waals surface area contributed by atoms with E-state index < -0.39 is 7.95 Å². The third-order valence-electron chi connectivity index (χ3n) is 4.16. The minimum atomic E-state index is -1.88. The Morgan fingerprint density at radius 1 is 0.893 bits per heavy atom. The molecule has 0 aliphatic carbocycles. The van der Waals surface area contributed by atoms with Crippen LogP contribution in [-0.2, 0) is 9.36 Å². The first-order chi connectivity index (χ1) is 13.7. The summed E-state index contributed by atoms with van der Waals surface area (Å²) in [7, 11) is -1.88. The summed E-state index contributed by atoms with van der Waals surface area (Å²) in [5, 5.41) is 14.2. The Hall–Kier alpha value is -1.16. The first-order valence-electron chi connectivity index (χ1n) is 10.8. The monoisotopic (exact) mass is 412 g/mol. The molecular weight excluding hydrogens is 371 g/mol. The van der Waals surface area contributed by atoms with Crippen molar-refractivity contribution in [2.75, 3.05) is 25.9 Å². The zero-order valence-electron chi connectivity index (χ0n) is 17.6. The zero-order valence-corrected chi connectivity index (χ0v) is 18.6. The molecule has 0 aliphatic heterocycles. The van der Waals surface area contributed by atoms with E-state index in [-0.39, 0.29) is 12.5 Å². The minimum Gasteiger partial charge on any atom is -0.395 e. The summed E-state index contributed by atoms with van der Waals surface area (Å²) in [6.07, 6.45) is 24.2.